The molecule has 96 valence electrons. The molecule has 0 spiro atoms. The zero-order chi connectivity index (χ0) is 13.2. The molecule has 0 aliphatic heterocycles. The molecule has 0 saturated heterocycles. The van der Waals surface area contributed by atoms with Crippen molar-refractivity contribution in [3.8, 4) is 0 Å². The summed E-state index contributed by atoms with van der Waals surface area (Å²) in [6, 6.07) is 11.5. The molecule has 0 amide bonds. The van der Waals surface area contributed by atoms with Crippen LogP contribution in [-0.2, 0) is 5.60 Å². The van der Waals surface area contributed by atoms with E-state index in [1.165, 1.54) is 0 Å². The van der Waals surface area contributed by atoms with E-state index in [0.717, 1.165) is 11.3 Å². The smallest absolute Gasteiger partial charge is 0.143 e. The minimum Gasteiger partial charge on any atom is -0.377 e. The molecule has 1 atom stereocenters. The lowest BCUT2D eigenvalue weighted by atomic mass is 9.90. The van der Waals surface area contributed by atoms with Crippen LogP contribution < -0.4 is 5.73 Å². The Bertz CT molecular complexity index is 507. The first-order valence-electron chi connectivity index (χ1n) is 6.11. The molecule has 4 nitrogen and oxygen atoms in total. The molecule has 18 heavy (non-hydrogen) atoms. The van der Waals surface area contributed by atoms with Crippen LogP contribution in [0.15, 0.2) is 42.6 Å². The highest BCUT2D eigenvalue weighted by Crippen LogP contribution is 2.29. The van der Waals surface area contributed by atoms with E-state index in [2.05, 4.69) is 5.10 Å². The Balaban J connectivity index is 2.54. The zero-order valence-corrected chi connectivity index (χ0v) is 10.7. The molecule has 0 aliphatic carbocycles. The summed E-state index contributed by atoms with van der Waals surface area (Å²) >= 11 is 0. The van der Waals surface area contributed by atoms with E-state index in [9.17, 15) is 5.11 Å². The maximum atomic E-state index is 10.9. The fraction of sp³-hybridized carbons (Fsp3) is 0.357. The van der Waals surface area contributed by atoms with Gasteiger partial charge in [0.2, 0.25) is 0 Å². The first-order valence-corrected chi connectivity index (χ1v) is 6.11. The second-order valence-corrected chi connectivity index (χ2v) is 4.69. The van der Waals surface area contributed by atoms with Crippen molar-refractivity contribution in [3.63, 3.8) is 0 Å². The Labute approximate surface area is 107 Å². The number of rotatable bonds is 4. The second-order valence-electron chi connectivity index (χ2n) is 4.69. The van der Waals surface area contributed by atoms with Gasteiger partial charge in [0, 0.05) is 18.8 Å². The van der Waals surface area contributed by atoms with Gasteiger partial charge < -0.3 is 10.8 Å². The summed E-state index contributed by atoms with van der Waals surface area (Å²) in [5.41, 5.74) is 6.13. The molecule has 1 aromatic carbocycles. The molecule has 0 fully saturated rings. The van der Waals surface area contributed by atoms with Crippen LogP contribution in [0.4, 0.5) is 0 Å². The van der Waals surface area contributed by atoms with Crippen LogP contribution in [0.25, 0.3) is 0 Å². The van der Waals surface area contributed by atoms with Gasteiger partial charge in [0.25, 0.3) is 0 Å². The van der Waals surface area contributed by atoms with Crippen LogP contribution in [0.3, 0.4) is 0 Å². The molecule has 4 heteroatoms. The number of hydrogen-bond donors (Lipinski definition) is 2. The highest BCUT2D eigenvalue weighted by atomic mass is 16.3. The molecule has 0 bridgehead atoms. The molecule has 1 heterocycles. The Morgan fingerprint density at radius 3 is 2.50 bits per heavy atom. The van der Waals surface area contributed by atoms with Crippen LogP contribution in [0.2, 0.25) is 0 Å². The van der Waals surface area contributed by atoms with Crippen LogP contribution in [0.1, 0.15) is 31.1 Å². The summed E-state index contributed by atoms with van der Waals surface area (Å²) in [7, 11) is 0. The van der Waals surface area contributed by atoms with Crippen molar-refractivity contribution >= 4 is 0 Å². The highest BCUT2D eigenvalue weighted by molar-refractivity contribution is 5.32. The Morgan fingerprint density at radius 2 is 1.94 bits per heavy atom. The van der Waals surface area contributed by atoms with Crippen molar-refractivity contribution in [1.29, 1.82) is 0 Å². The van der Waals surface area contributed by atoms with Gasteiger partial charge in [-0.3, -0.25) is 4.68 Å². The SMILES string of the molecule is CC(C)n1nccc1C(O)(CN)c1ccccc1. The minimum absolute atomic E-state index is 0.120. The number of nitrogens with two attached hydrogens (primary N) is 1. The highest BCUT2D eigenvalue weighted by Gasteiger charge is 2.33. The molecule has 2 aromatic rings. The summed E-state index contributed by atoms with van der Waals surface area (Å²) in [6.07, 6.45) is 1.69. The van der Waals surface area contributed by atoms with E-state index in [1.54, 1.807) is 10.9 Å². The predicted molar refractivity (Wildman–Crippen MR) is 71.1 cm³/mol. The summed E-state index contributed by atoms with van der Waals surface area (Å²) < 4.78 is 1.81. The van der Waals surface area contributed by atoms with Gasteiger partial charge in [-0.1, -0.05) is 30.3 Å². The number of aromatic nitrogens is 2. The molecule has 3 N–H and O–H groups in total. The van der Waals surface area contributed by atoms with Gasteiger partial charge in [-0.15, -0.1) is 0 Å². The van der Waals surface area contributed by atoms with Crippen molar-refractivity contribution in [1.82, 2.24) is 9.78 Å². The van der Waals surface area contributed by atoms with Crippen molar-refractivity contribution < 1.29 is 5.11 Å². The normalized spacial score (nSPS) is 14.7. The van der Waals surface area contributed by atoms with Gasteiger partial charge >= 0.3 is 0 Å². The number of hydrogen-bond acceptors (Lipinski definition) is 3. The Kier molecular flexibility index (Phi) is 3.50. The number of benzene rings is 1. The monoisotopic (exact) mass is 245 g/mol. The lowest BCUT2D eigenvalue weighted by Crippen LogP contribution is -2.38. The van der Waals surface area contributed by atoms with E-state index >= 15 is 0 Å². The molecule has 2 rings (SSSR count). The standard InChI is InChI=1S/C14H19N3O/c1-11(2)17-13(8-9-16-17)14(18,10-15)12-6-4-3-5-7-12/h3-9,11,18H,10,15H2,1-2H3. The third-order valence-electron chi connectivity index (χ3n) is 3.13. The Hall–Kier alpha value is -1.65. The molecule has 1 aromatic heterocycles. The average molecular weight is 245 g/mol. The topological polar surface area (TPSA) is 64.1 Å². The van der Waals surface area contributed by atoms with Crippen LogP contribution in [-0.4, -0.2) is 21.4 Å². The molecular formula is C14H19N3O. The maximum absolute atomic E-state index is 10.9. The van der Waals surface area contributed by atoms with Gasteiger partial charge in [0.1, 0.15) is 5.60 Å². The molecule has 1 unspecified atom stereocenters. The van der Waals surface area contributed by atoms with Gasteiger partial charge in [0.15, 0.2) is 0 Å². The minimum atomic E-state index is -1.19. The van der Waals surface area contributed by atoms with Crippen molar-refractivity contribution in [2.24, 2.45) is 5.73 Å². The predicted octanol–water partition coefficient (Wildman–Crippen LogP) is 1.66. The van der Waals surface area contributed by atoms with E-state index in [-0.39, 0.29) is 12.6 Å². The van der Waals surface area contributed by atoms with Crippen molar-refractivity contribution in [2.75, 3.05) is 6.54 Å². The van der Waals surface area contributed by atoms with Crippen LogP contribution in [0.5, 0.6) is 0 Å². The summed E-state index contributed by atoms with van der Waals surface area (Å²) in [4.78, 5) is 0. The Morgan fingerprint density at radius 1 is 1.28 bits per heavy atom. The first-order chi connectivity index (χ1) is 8.59. The molecule has 0 radical (unpaired) electrons. The third kappa shape index (κ3) is 2.05. The number of nitrogens with zero attached hydrogens (tertiary/aromatic N) is 2. The molecule has 0 saturated carbocycles. The van der Waals surface area contributed by atoms with Gasteiger partial charge in [-0.05, 0) is 25.5 Å². The molecule has 0 aliphatic rings. The summed E-state index contributed by atoms with van der Waals surface area (Å²) in [5.74, 6) is 0. The fourth-order valence-electron chi connectivity index (χ4n) is 2.14. The van der Waals surface area contributed by atoms with Gasteiger partial charge in [-0.2, -0.15) is 5.10 Å². The van der Waals surface area contributed by atoms with E-state index < -0.39 is 5.60 Å². The van der Waals surface area contributed by atoms with E-state index in [1.807, 2.05) is 50.2 Å². The lowest BCUT2D eigenvalue weighted by molar-refractivity contribution is 0.0785. The van der Waals surface area contributed by atoms with Crippen LogP contribution >= 0.6 is 0 Å². The van der Waals surface area contributed by atoms with Crippen LogP contribution in [0, 0.1) is 0 Å². The van der Waals surface area contributed by atoms with Crippen molar-refractivity contribution in [3.05, 3.63) is 53.9 Å². The quantitative estimate of drug-likeness (QED) is 0.861. The summed E-state index contributed by atoms with van der Waals surface area (Å²) in [6.45, 7) is 4.17. The number of aliphatic hydroxyl groups is 1. The first kappa shape index (κ1) is 12.8. The van der Waals surface area contributed by atoms with Gasteiger partial charge in [0.05, 0.1) is 5.69 Å². The lowest BCUT2D eigenvalue weighted by Gasteiger charge is -2.29. The maximum Gasteiger partial charge on any atom is 0.143 e. The summed E-state index contributed by atoms with van der Waals surface area (Å²) in [5, 5.41) is 15.2. The zero-order valence-electron chi connectivity index (χ0n) is 10.7. The van der Waals surface area contributed by atoms with E-state index in [4.69, 9.17) is 5.73 Å². The second kappa shape index (κ2) is 4.92. The van der Waals surface area contributed by atoms with Crippen molar-refractivity contribution in [2.45, 2.75) is 25.5 Å². The fourth-order valence-corrected chi connectivity index (χ4v) is 2.14. The van der Waals surface area contributed by atoms with Gasteiger partial charge in [-0.25, -0.2) is 0 Å². The largest absolute Gasteiger partial charge is 0.377 e. The van der Waals surface area contributed by atoms with E-state index in [0.29, 0.717) is 0 Å². The third-order valence-corrected chi connectivity index (χ3v) is 3.13. The average Bonchev–Trinajstić information content (AvgIpc) is 2.89. The molecular weight excluding hydrogens is 226 g/mol.